The van der Waals surface area contributed by atoms with Crippen molar-refractivity contribution in [2.24, 2.45) is 5.73 Å². The van der Waals surface area contributed by atoms with Gasteiger partial charge >= 0.3 is 12.0 Å². The molecule has 0 aliphatic carbocycles. The largest absolute Gasteiger partial charge is 0.497 e. The summed E-state index contributed by atoms with van der Waals surface area (Å²) in [6.45, 7) is 3.34. The summed E-state index contributed by atoms with van der Waals surface area (Å²) in [5.74, 6) is 5.14. The van der Waals surface area contributed by atoms with Gasteiger partial charge in [-0.25, -0.2) is 14.0 Å². The van der Waals surface area contributed by atoms with Crippen molar-refractivity contribution in [2.45, 2.75) is 32.7 Å². The van der Waals surface area contributed by atoms with Crippen LogP contribution in [-0.4, -0.2) is 40.7 Å². The Labute approximate surface area is 275 Å². The molecule has 10 heteroatoms. The number of carbonyl (C=O) groups excluding carboxylic acids is 3. The molecule has 0 saturated heterocycles. The van der Waals surface area contributed by atoms with E-state index in [2.05, 4.69) is 11.8 Å². The van der Waals surface area contributed by atoms with Gasteiger partial charge in [0.25, 0.3) is 5.91 Å². The zero-order chi connectivity index (χ0) is 33.5. The molecule has 238 valence electrons. The van der Waals surface area contributed by atoms with Crippen molar-refractivity contribution < 1.29 is 28.3 Å². The first-order valence-corrected chi connectivity index (χ1v) is 15.5. The number of carbonyl (C=O) groups is 3. The highest BCUT2D eigenvalue weighted by atomic mass is 32.1. The van der Waals surface area contributed by atoms with Crippen molar-refractivity contribution in [1.29, 1.82) is 0 Å². The molecule has 1 atom stereocenters. The molecule has 0 radical (unpaired) electrons. The van der Waals surface area contributed by atoms with Gasteiger partial charge in [-0.1, -0.05) is 54.3 Å². The summed E-state index contributed by atoms with van der Waals surface area (Å²) >= 11 is 1.47. The second kappa shape index (κ2) is 14.6. The molecule has 2 heterocycles. The minimum Gasteiger partial charge on any atom is -0.497 e. The van der Waals surface area contributed by atoms with Crippen LogP contribution in [0.5, 0.6) is 5.75 Å². The lowest BCUT2D eigenvalue weighted by atomic mass is 10.1. The van der Waals surface area contributed by atoms with E-state index in [-0.39, 0.29) is 18.1 Å². The first-order chi connectivity index (χ1) is 22.6. The van der Waals surface area contributed by atoms with Gasteiger partial charge in [-0.3, -0.25) is 9.36 Å². The number of primary amides is 1. The SMILES string of the molecule is COc1ccc2c(c1)c(CC(=O)ON(C(N)=O)[C@H](C)C#Cc1ccc(Cc3ccc(F)cc3)s1)c(C)n2C(=O)C=Cc1ccccc1. The maximum absolute atomic E-state index is 13.4. The number of halogens is 1. The third-order valence-electron chi connectivity index (χ3n) is 7.43. The van der Waals surface area contributed by atoms with Crippen LogP contribution in [0.4, 0.5) is 9.18 Å². The zero-order valence-electron chi connectivity index (χ0n) is 26.0. The minimum absolute atomic E-state index is 0.250. The lowest BCUT2D eigenvalue weighted by Crippen LogP contribution is -2.43. The Morgan fingerprint density at radius 2 is 1.79 bits per heavy atom. The van der Waals surface area contributed by atoms with Crippen LogP contribution in [-0.2, 0) is 22.5 Å². The molecule has 3 aromatic carbocycles. The molecule has 47 heavy (non-hydrogen) atoms. The smallest absolute Gasteiger partial charge is 0.349 e. The maximum Gasteiger partial charge on any atom is 0.349 e. The molecule has 0 fully saturated rings. The number of urea groups is 1. The Hall–Kier alpha value is -5.66. The van der Waals surface area contributed by atoms with Crippen LogP contribution >= 0.6 is 11.3 Å². The summed E-state index contributed by atoms with van der Waals surface area (Å²) in [5.41, 5.74) is 9.09. The van der Waals surface area contributed by atoms with Crippen LogP contribution in [0.15, 0.2) is 91.0 Å². The van der Waals surface area contributed by atoms with Crippen molar-refractivity contribution in [3.8, 4) is 17.6 Å². The van der Waals surface area contributed by atoms with E-state index in [1.54, 1.807) is 50.3 Å². The van der Waals surface area contributed by atoms with E-state index in [1.165, 1.54) is 41.2 Å². The standard InChI is InChI=1S/C37H32FN3O5S/c1-24(9-16-30-17-18-31(47-30)21-27-10-13-28(38)14-11-27)41(37(39)44)46-36(43)23-32-25(2)40(34-19-15-29(45-3)22-33(32)34)35(42)20-12-26-7-5-4-6-8-26/h4-8,10-15,17-20,22,24H,21,23H2,1-3H3,(H2,39,44)/t24-/m1/s1. The number of methoxy groups -OCH3 is 1. The predicted molar refractivity (Wildman–Crippen MR) is 180 cm³/mol. The van der Waals surface area contributed by atoms with E-state index in [1.807, 2.05) is 42.5 Å². The summed E-state index contributed by atoms with van der Waals surface area (Å²) in [4.78, 5) is 46.2. The molecule has 5 aromatic rings. The summed E-state index contributed by atoms with van der Waals surface area (Å²) < 4.78 is 20.2. The highest BCUT2D eigenvalue weighted by Gasteiger charge is 2.25. The van der Waals surface area contributed by atoms with Crippen molar-refractivity contribution >= 4 is 46.2 Å². The minimum atomic E-state index is -0.981. The van der Waals surface area contributed by atoms with Crippen LogP contribution in [0.1, 0.15) is 43.9 Å². The van der Waals surface area contributed by atoms with E-state index in [0.29, 0.717) is 34.3 Å². The Kier molecular flexibility index (Phi) is 10.2. The number of hydrogen-bond acceptors (Lipinski definition) is 6. The van der Waals surface area contributed by atoms with Gasteiger partial charge in [-0.15, -0.1) is 16.4 Å². The molecule has 0 aliphatic heterocycles. The van der Waals surface area contributed by atoms with Crippen molar-refractivity contribution in [2.75, 3.05) is 7.11 Å². The quantitative estimate of drug-likeness (QED) is 0.112. The van der Waals surface area contributed by atoms with Gasteiger partial charge in [-0.2, -0.15) is 0 Å². The van der Waals surface area contributed by atoms with Crippen molar-refractivity contribution in [3.63, 3.8) is 0 Å². The second-order valence-electron chi connectivity index (χ2n) is 10.7. The lowest BCUT2D eigenvalue weighted by Gasteiger charge is -2.22. The molecule has 2 amide bonds. The average Bonchev–Trinajstić information content (AvgIpc) is 3.63. The Balaban J connectivity index is 1.33. The molecule has 5 rings (SSSR count). The van der Waals surface area contributed by atoms with Crippen LogP contribution in [0, 0.1) is 24.6 Å². The normalized spacial score (nSPS) is 11.6. The van der Waals surface area contributed by atoms with Crippen LogP contribution in [0.25, 0.3) is 17.0 Å². The fraction of sp³-hybridized carbons (Fsp3) is 0.162. The number of thiophene rings is 1. The molecular formula is C37H32FN3O5S. The molecule has 2 aromatic heterocycles. The van der Waals surface area contributed by atoms with E-state index in [4.69, 9.17) is 15.3 Å². The maximum atomic E-state index is 13.4. The fourth-order valence-electron chi connectivity index (χ4n) is 5.08. The lowest BCUT2D eigenvalue weighted by molar-refractivity contribution is -0.178. The molecule has 0 aliphatic rings. The van der Waals surface area contributed by atoms with Gasteiger partial charge in [0.05, 0.1) is 23.9 Å². The number of benzene rings is 3. The number of aromatic nitrogens is 1. The van der Waals surface area contributed by atoms with E-state index < -0.39 is 18.0 Å². The Morgan fingerprint density at radius 3 is 2.49 bits per heavy atom. The number of allylic oxidation sites excluding steroid dienone is 1. The Morgan fingerprint density at radius 1 is 1.04 bits per heavy atom. The molecule has 0 spiro atoms. The third-order valence-corrected chi connectivity index (χ3v) is 8.43. The van der Waals surface area contributed by atoms with Crippen LogP contribution < -0.4 is 10.5 Å². The summed E-state index contributed by atoms with van der Waals surface area (Å²) in [5, 5.41) is 1.37. The van der Waals surface area contributed by atoms with Gasteiger partial charge in [-0.05, 0) is 79.1 Å². The third kappa shape index (κ3) is 7.95. The predicted octanol–water partition coefficient (Wildman–Crippen LogP) is 6.92. The second-order valence-corrected chi connectivity index (χ2v) is 11.9. The number of nitrogens with zero attached hydrogens (tertiary/aromatic N) is 2. The summed E-state index contributed by atoms with van der Waals surface area (Å²) in [7, 11) is 1.53. The van der Waals surface area contributed by atoms with E-state index >= 15 is 0 Å². The number of hydrogen-bond donors (Lipinski definition) is 1. The first-order valence-electron chi connectivity index (χ1n) is 14.7. The van der Waals surface area contributed by atoms with Gasteiger partial charge < -0.3 is 15.3 Å². The summed E-state index contributed by atoms with van der Waals surface area (Å²) in [6, 6.07) is 23.0. The van der Waals surface area contributed by atoms with Gasteiger partial charge in [0, 0.05) is 28.5 Å². The highest BCUT2D eigenvalue weighted by Crippen LogP contribution is 2.30. The number of fused-ring (bicyclic) bond motifs is 1. The molecule has 8 nitrogen and oxygen atoms in total. The van der Waals surface area contributed by atoms with E-state index in [9.17, 15) is 18.8 Å². The number of rotatable bonds is 8. The number of ether oxygens (including phenoxy) is 1. The number of hydroxylamine groups is 2. The molecular weight excluding hydrogens is 617 g/mol. The molecule has 2 N–H and O–H groups in total. The monoisotopic (exact) mass is 649 g/mol. The van der Waals surface area contributed by atoms with Crippen LogP contribution in [0.2, 0.25) is 0 Å². The summed E-state index contributed by atoms with van der Waals surface area (Å²) in [6.07, 6.45) is 3.58. The Bertz CT molecular complexity index is 2020. The van der Waals surface area contributed by atoms with Crippen molar-refractivity contribution in [1.82, 2.24) is 9.63 Å². The average molecular weight is 650 g/mol. The topological polar surface area (TPSA) is 104 Å². The van der Waals surface area contributed by atoms with Gasteiger partial charge in [0.2, 0.25) is 0 Å². The number of nitrogens with two attached hydrogens (primary N) is 1. The van der Waals surface area contributed by atoms with Gasteiger partial charge in [0.15, 0.2) is 0 Å². The van der Waals surface area contributed by atoms with Crippen LogP contribution in [0.3, 0.4) is 0 Å². The highest BCUT2D eigenvalue weighted by molar-refractivity contribution is 7.12. The molecule has 0 unspecified atom stereocenters. The molecule has 0 saturated carbocycles. The number of amides is 2. The first kappa shape index (κ1) is 32.7. The van der Waals surface area contributed by atoms with Gasteiger partial charge in [0.1, 0.15) is 17.6 Å². The van der Waals surface area contributed by atoms with E-state index in [0.717, 1.165) is 25.9 Å². The van der Waals surface area contributed by atoms with Crippen molar-refractivity contribution in [3.05, 3.63) is 129 Å². The zero-order valence-corrected chi connectivity index (χ0v) is 26.8. The molecule has 0 bridgehead atoms. The fourth-order valence-corrected chi connectivity index (χ4v) is 5.99.